The number of carbonyl (C=O) groups is 6. The molecule has 0 heterocycles. The minimum absolute atomic E-state index is 0.149. The molecule has 6 aromatic carbocycles. The van der Waals surface area contributed by atoms with E-state index >= 15 is 0 Å². The molecule has 8 unspecified atom stereocenters. The Morgan fingerprint density at radius 3 is 0.717 bits per heavy atom. The molecule has 0 aliphatic heterocycles. The number of hydrogen-bond acceptors (Lipinski definition) is 21. The topological polar surface area (TPSA) is 392 Å². The molecule has 0 aromatic heterocycles. The molecule has 9 rings (SSSR count). The van der Waals surface area contributed by atoms with E-state index in [4.69, 9.17) is 80.0 Å². The van der Waals surface area contributed by atoms with Crippen LogP contribution in [0.4, 0.5) is 51.2 Å². The Morgan fingerprint density at radius 1 is 0.232 bits per heavy atom. The van der Waals surface area contributed by atoms with Crippen molar-refractivity contribution in [2.24, 2.45) is 59.2 Å². The fourth-order valence-electron chi connectivity index (χ4n) is 21.6. The Bertz CT molecular complexity index is 4310. The number of anilines is 9. The molecule has 138 heavy (non-hydrogen) atoms. The molecule has 3 saturated carbocycles. The monoisotopic (exact) mass is 1910 g/mol. The van der Waals surface area contributed by atoms with Crippen molar-refractivity contribution in [2.75, 3.05) is 51.6 Å². The van der Waals surface area contributed by atoms with Crippen molar-refractivity contribution in [3.8, 4) is 34.5 Å². The Kier molecular flexibility index (Phi) is 57.2. The van der Waals surface area contributed by atoms with E-state index in [1.165, 1.54) is 283 Å². The molecule has 3 aliphatic carbocycles. The molecule has 21 nitrogen and oxygen atoms in total. The summed E-state index contributed by atoms with van der Waals surface area (Å²) in [5, 5.41) is 0. The first-order chi connectivity index (χ1) is 66.9. The summed E-state index contributed by atoms with van der Waals surface area (Å²) in [5.41, 5.74) is 57.7. The summed E-state index contributed by atoms with van der Waals surface area (Å²) in [7, 11) is 0. The number of carbonyl (C=O) groups excluding carboxylic acids is 6. The third-order valence-electron chi connectivity index (χ3n) is 29.5. The van der Waals surface area contributed by atoms with Crippen LogP contribution in [0.2, 0.25) is 0 Å². The highest BCUT2D eigenvalue weighted by atomic mass is 16.6. The molecule has 21 heteroatoms. The van der Waals surface area contributed by atoms with Gasteiger partial charge in [-0.2, -0.15) is 0 Å². The SMILES string of the molecule is CCCCCCCCC1C(CCCCCC)CCC(CCCCCCCC(=O)Oc2ccc(C)cc2N)C1CCCCCCCC(=O)Oc1ccc(N)cc1N.CCCCCCCCC1C(CCCCCC)CCC(CCCCCCCC(=O)Oc2ccc(N)cc2)C1CCCCCCCC(=O)Oc1ccc(N)cc1.Nc1ccc(OC(=O)C2CCC(C(=O)Oc3ccc(N)cc3N)CC2)c(N)c1. The van der Waals surface area contributed by atoms with Gasteiger partial charge in [0, 0.05) is 54.1 Å². The average molecular weight is 1910 g/mol. The number of nitrogens with two attached hydrogens (primary N) is 9. The van der Waals surface area contributed by atoms with Gasteiger partial charge in [-0.3, -0.25) is 28.8 Å². The van der Waals surface area contributed by atoms with E-state index in [1.54, 1.807) is 109 Å². The van der Waals surface area contributed by atoms with Crippen molar-refractivity contribution in [1.29, 1.82) is 0 Å². The Balaban J connectivity index is 0.000000296. The number of unbranched alkanes of at least 4 members (excludes halogenated alkanes) is 32. The molecule has 0 spiro atoms. The van der Waals surface area contributed by atoms with Crippen LogP contribution < -0.4 is 80.0 Å². The second kappa shape index (κ2) is 68.4. The van der Waals surface area contributed by atoms with Crippen molar-refractivity contribution in [3.63, 3.8) is 0 Å². The summed E-state index contributed by atoms with van der Waals surface area (Å²) in [5.74, 6) is 7.61. The van der Waals surface area contributed by atoms with E-state index in [0.29, 0.717) is 137 Å². The van der Waals surface area contributed by atoms with Gasteiger partial charge in [-0.25, -0.2) is 0 Å². The lowest BCUT2D eigenvalue weighted by Gasteiger charge is -2.44. The Hall–Kier alpha value is -9.66. The average Bonchev–Trinajstić information content (AvgIpc) is 0.812. The highest BCUT2D eigenvalue weighted by Crippen LogP contribution is 2.50. The zero-order valence-electron chi connectivity index (χ0n) is 85.8. The van der Waals surface area contributed by atoms with Gasteiger partial charge in [0.1, 0.15) is 11.5 Å². The van der Waals surface area contributed by atoms with Gasteiger partial charge in [0.2, 0.25) is 0 Å². The summed E-state index contributed by atoms with van der Waals surface area (Å²) in [6.07, 6.45) is 71.2. The summed E-state index contributed by atoms with van der Waals surface area (Å²) in [4.78, 5) is 74.3. The number of ether oxygens (including phenoxy) is 6. The van der Waals surface area contributed by atoms with Gasteiger partial charge in [0.15, 0.2) is 23.0 Å². The van der Waals surface area contributed by atoms with Gasteiger partial charge in [-0.05, 0) is 278 Å². The van der Waals surface area contributed by atoms with Crippen LogP contribution in [0.1, 0.15) is 419 Å². The summed E-state index contributed by atoms with van der Waals surface area (Å²) < 4.78 is 32.8. The minimum Gasteiger partial charge on any atom is -0.427 e. The van der Waals surface area contributed by atoms with Crippen molar-refractivity contribution < 1.29 is 57.2 Å². The van der Waals surface area contributed by atoms with Gasteiger partial charge in [-0.1, -0.05) is 291 Å². The third kappa shape index (κ3) is 46.6. The normalized spacial score (nSPS) is 18.4. The standard InChI is InChI=1S/C49H81N3O4.C48H78N2O4.C20H24N4O4/c1-4-6-8-10-14-20-26-42-39(24-18-9-7-5-2)31-32-40(25-19-13-11-16-22-28-48(53)55-46-34-30-38(3)36-44(46)51)43(42)27-21-15-12-17-23-29-49(54)56-47-35-33-41(50)37-45(47)52;1-3-5-7-9-13-19-25-45-39(23-17-8-6-4-2)29-30-40(24-18-12-10-15-21-27-47(51)53-43-35-31-41(49)32-36-43)46(45)26-20-14-11-16-22-28-48(52)54-44-37-33-42(50)34-38-44;21-13-5-7-17(15(23)9-13)27-19(25)11-1-2-12(4-3-11)20(26)28-18-8-6-14(22)10-16(18)24/h30,33-37,39-40,42-43H,4-29,31-32,50-52H2,1-3H3;31-40,45-46H,3-30,49-50H2,1-2H3;5-12H,1-4,21-24H2. The molecule has 768 valence electrons. The van der Waals surface area contributed by atoms with Gasteiger partial charge >= 0.3 is 35.8 Å². The first-order valence-electron chi connectivity index (χ1n) is 54.7. The molecule has 8 atom stereocenters. The summed E-state index contributed by atoms with van der Waals surface area (Å²) in [6.45, 7) is 11.3. The second-order valence-corrected chi connectivity index (χ2v) is 40.7. The highest BCUT2D eigenvalue weighted by molar-refractivity contribution is 5.81. The lowest BCUT2D eigenvalue weighted by Crippen LogP contribution is -2.35. The molecule has 18 N–H and O–H groups in total. The van der Waals surface area contributed by atoms with Crippen molar-refractivity contribution in [3.05, 3.63) is 127 Å². The molecule has 3 aliphatic rings. The van der Waals surface area contributed by atoms with Crippen molar-refractivity contribution in [2.45, 2.75) is 420 Å². The van der Waals surface area contributed by atoms with E-state index in [0.717, 1.165) is 104 Å². The first-order valence-corrected chi connectivity index (χ1v) is 54.7. The molecule has 3 fully saturated rings. The second-order valence-electron chi connectivity index (χ2n) is 40.7. The highest BCUT2D eigenvalue weighted by Gasteiger charge is 2.40. The lowest BCUT2D eigenvalue weighted by atomic mass is 9.61. The largest absolute Gasteiger partial charge is 0.427 e. The molecule has 0 radical (unpaired) electrons. The minimum atomic E-state index is -0.355. The van der Waals surface area contributed by atoms with E-state index in [1.807, 2.05) is 19.1 Å². The fraction of sp³-hybridized carbons (Fsp3) is 0.641. The molecule has 0 saturated heterocycles. The zero-order valence-corrected chi connectivity index (χ0v) is 85.8. The zero-order chi connectivity index (χ0) is 99.3. The number of benzene rings is 6. The lowest BCUT2D eigenvalue weighted by molar-refractivity contribution is -0.145. The fourth-order valence-corrected chi connectivity index (χ4v) is 21.6. The first kappa shape index (κ1) is 115. The Morgan fingerprint density at radius 2 is 0.449 bits per heavy atom. The number of nitrogen functional groups attached to an aromatic ring is 9. The van der Waals surface area contributed by atoms with Crippen molar-refractivity contribution >= 4 is 87.0 Å². The van der Waals surface area contributed by atoms with Gasteiger partial charge in [-0.15, -0.1) is 0 Å². The maximum Gasteiger partial charge on any atom is 0.314 e. The summed E-state index contributed by atoms with van der Waals surface area (Å²) in [6, 6.07) is 34.1. The van der Waals surface area contributed by atoms with Crippen LogP contribution in [0.5, 0.6) is 34.5 Å². The van der Waals surface area contributed by atoms with Gasteiger partial charge < -0.3 is 80.0 Å². The van der Waals surface area contributed by atoms with E-state index in [-0.39, 0.29) is 47.7 Å². The number of rotatable bonds is 64. The molecule has 0 bridgehead atoms. The Labute approximate surface area is 831 Å². The molecular formula is C117H183N9O12. The third-order valence-corrected chi connectivity index (χ3v) is 29.5. The molecular weight excluding hydrogens is 1720 g/mol. The van der Waals surface area contributed by atoms with Crippen molar-refractivity contribution in [1.82, 2.24) is 0 Å². The smallest absolute Gasteiger partial charge is 0.314 e. The van der Waals surface area contributed by atoms with Crippen LogP contribution in [0, 0.1) is 66.1 Å². The maximum atomic E-state index is 12.5. The number of aryl methyl sites for hydroxylation is 1. The van der Waals surface area contributed by atoms with Gasteiger partial charge in [0.25, 0.3) is 0 Å². The predicted octanol–water partition coefficient (Wildman–Crippen LogP) is 29.8. The number of esters is 6. The van der Waals surface area contributed by atoms with Crippen LogP contribution in [-0.4, -0.2) is 35.8 Å². The number of hydrogen-bond donors (Lipinski definition) is 9. The van der Waals surface area contributed by atoms with Crippen LogP contribution in [0.25, 0.3) is 0 Å². The van der Waals surface area contributed by atoms with Crippen LogP contribution >= 0.6 is 0 Å². The molecule has 0 amide bonds. The quantitative estimate of drug-likeness (QED) is 0.00741. The van der Waals surface area contributed by atoms with E-state index < -0.39 is 0 Å². The van der Waals surface area contributed by atoms with E-state index in [9.17, 15) is 28.8 Å². The maximum absolute atomic E-state index is 12.5. The predicted molar refractivity (Wildman–Crippen MR) is 572 cm³/mol. The van der Waals surface area contributed by atoms with Gasteiger partial charge in [0.05, 0.1) is 34.6 Å². The van der Waals surface area contributed by atoms with Crippen LogP contribution in [-0.2, 0) is 28.8 Å². The van der Waals surface area contributed by atoms with E-state index in [2.05, 4.69) is 27.7 Å². The summed E-state index contributed by atoms with van der Waals surface area (Å²) >= 11 is 0. The van der Waals surface area contributed by atoms with Crippen LogP contribution in [0.3, 0.4) is 0 Å². The molecule has 6 aromatic rings. The van der Waals surface area contributed by atoms with Crippen LogP contribution in [0.15, 0.2) is 121 Å².